The molecule has 154 valence electrons. The van der Waals surface area contributed by atoms with Crippen molar-refractivity contribution >= 4 is 5.91 Å². The summed E-state index contributed by atoms with van der Waals surface area (Å²) < 4.78 is 10.7. The second kappa shape index (κ2) is 9.01. The van der Waals surface area contributed by atoms with Crippen LogP contribution in [0.3, 0.4) is 0 Å². The summed E-state index contributed by atoms with van der Waals surface area (Å²) in [7, 11) is 0. The van der Waals surface area contributed by atoms with E-state index in [4.69, 9.17) is 9.47 Å². The van der Waals surface area contributed by atoms with E-state index in [-0.39, 0.29) is 24.8 Å². The third-order valence-corrected chi connectivity index (χ3v) is 5.26. The number of nitrogens with one attached hydrogen (secondary N) is 2. The van der Waals surface area contributed by atoms with Crippen LogP contribution in [0.2, 0.25) is 0 Å². The summed E-state index contributed by atoms with van der Waals surface area (Å²) >= 11 is 0. The second-order valence-corrected chi connectivity index (χ2v) is 7.55. The minimum absolute atomic E-state index is 0.0549. The molecule has 5 heteroatoms. The van der Waals surface area contributed by atoms with Gasteiger partial charge in [0.25, 0.3) is 0 Å². The topological polar surface area (TPSA) is 59.6 Å². The minimum Gasteiger partial charge on any atom is -0.454 e. The van der Waals surface area contributed by atoms with Gasteiger partial charge in [-0.1, -0.05) is 66.2 Å². The summed E-state index contributed by atoms with van der Waals surface area (Å²) in [5.41, 5.74) is 4.43. The fourth-order valence-corrected chi connectivity index (χ4v) is 3.51. The molecule has 0 bridgehead atoms. The number of rotatable bonds is 7. The van der Waals surface area contributed by atoms with Crippen LogP contribution < -0.4 is 20.1 Å². The predicted octanol–water partition coefficient (Wildman–Crippen LogP) is 4.11. The summed E-state index contributed by atoms with van der Waals surface area (Å²) in [6.07, 6.45) is 0. The smallest absolute Gasteiger partial charge is 0.237 e. The van der Waals surface area contributed by atoms with Gasteiger partial charge in [-0.05, 0) is 42.7 Å². The van der Waals surface area contributed by atoms with Gasteiger partial charge in [-0.25, -0.2) is 0 Å². The molecule has 0 fully saturated rings. The summed E-state index contributed by atoms with van der Waals surface area (Å²) in [5, 5.41) is 6.50. The van der Waals surface area contributed by atoms with Crippen molar-refractivity contribution in [1.82, 2.24) is 10.6 Å². The molecule has 1 amide bonds. The van der Waals surface area contributed by atoms with Crippen molar-refractivity contribution in [2.75, 3.05) is 6.79 Å². The third-order valence-electron chi connectivity index (χ3n) is 5.26. The molecular formula is C25H26N2O3. The first-order valence-corrected chi connectivity index (χ1v) is 10.1. The molecule has 4 rings (SSSR count). The van der Waals surface area contributed by atoms with E-state index in [2.05, 4.69) is 54.0 Å². The van der Waals surface area contributed by atoms with Crippen molar-refractivity contribution in [3.8, 4) is 11.5 Å². The lowest BCUT2D eigenvalue weighted by Crippen LogP contribution is -2.43. The molecule has 1 aliphatic heterocycles. The molecule has 0 saturated carbocycles. The van der Waals surface area contributed by atoms with Gasteiger partial charge in [0.2, 0.25) is 12.7 Å². The van der Waals surface area contributed by atoms with Crippen LogP contribution in [0, 0.1) is 6.92 Å². The zero-order valence-electron chi connectivity index (χ0n) is 17.2. The number of carbonyl (C=O) groups excluding carboxylic acids is 1. The second-order valence-electron chi connectivity index (χ2n) is 7.55. The first kappa shape index (κ1) is 20.0. The molecule has 0 radical (unpaired) electrons. The SMILES string of the molecule is Cc1ccc([C@@H](N[C@H](C)C(=O)NCc2ccc3c(c2)OCO3)c2ccccc2)cc1. The first-order chi connectivity index (χ1) is 14.6. The van der Waals surface area contributed by atoms with Gasteiger partial charge in [0, 0.05) is 6.54 Å². The van der Waals surface area contributed by atoms with E-state index in [1.807, 2.05) is 43.3 Å². The van der Waals surface area contributed by atoms with Gasteiger partial charge in [-0.2, -0.15) is 0 Å². The van der Waals surface area contributed by atoms with E-state index < -0.39 is 0 Å². The van der Waals surface area contributed by atoms with Crippen LogP contribution in [0.5, 0.6) is 11.5 Å². The number of fused-ring (bicyclic) bond motifs is 1. The Morgan fingerprint density at radius 3 is 2.40 bits per heavy atom. The summed E-state index contributed by atoms with van der Waals surface area (Å²) in [6, 6.07) is 23.9. The standard InChI is InChI=1S/C25H26N2O3/c1-17-8-11-21(12-9-17)24(20-6-4-3-5-7-20)27-18(2)25(28)26-15-19-10-13-22-23(14-19)30-16-29-22/h3-14,18,24,27H,15-16H2,1-2H3,(H,26,28)/t18-,24+/m1/s1. The van der Waals surface area contributed by atoms with Crippen molar-refractivity contribution in [2.24, 2.45) is 0 Å². The molecule has 0 unspecified atom stereocenters. The van der Waals surface area contributed by atoms with Crippen molar-refractivity contribution in [2.45, 2.75) is 32.5 Å². The van der Waals surface area contributed by atoms with Crippen LogP contribution >= 0.6 is 0 Å². The van der Waals surface area contributed by atoms with E-state index in [9.17, 15) is 4.79 Å². The highest BCUT2D eigenvalue weighted by Gasteiger charge is 2.21. The Morgan fingerprint density at radius 2 is 1.63 bits per heavy atom. The van der Waals surface area contributed by atoms with E-state index in [1.165, 1.54) is 5.56 Å². The number of hydrogen-bond donors (Lipinski definition) is 2. The molecule has 0 aliphatic carbocycles. The molecule has 0 aromatic heterocycles. The predicted molar refractivity (Wildman–Crippen MR) is 116 cm³/mol. The Hall–Kier alpha value is -3.31. The van der Waals surface area contributed by atoms with Gasteiger partial charge in [-0.3, -0.25) is 10.1 Å². The quantitative estimate of drug-likeness (QED) is 0.625. The lowest BCUT2D eigenvalue weighted by atomic mass is 9.97. The number of aryl methyl sites for hydroxylation is 1. The van der Waals surface area contributed by atoms with Crippen molar-refractivity contribution < 1.29 is 14.3 Å². The monoisotopic (exact) mass is 402 g/mol. The van der Waals surface area contributed by atoms with Crippen LogP contribution in [0.1, 0.15) is 35.2 Å². The van der Waals surface area contributed by atoms with Crippen LogP contribution in [-0.2, 0) is 11.3 Å². The van der Waals surface area contributed by atoms with E-state index >= 15 is 0 Å². The molecule has 30 heavy (non-hydrogen) atoms. The number of ether oxygens (including phenoxy) is 2. The maximum Gasteiger partial charge on any atom is 0.237 e. The fourth-order valence-electron chi connectivity index (χ4n) is 3.51. The Bertz CT molecular complexity index is 1000. The largest absolute Gasteiger partial charge is 0.454 e. The van der Waals surface area contributed by atoms with Gasteiger partial charge < -0.3 is 14.8 Å². The maximum atomic E-state index is 12.8. The zero-order chi connectivity index (χ0) is 20.9. The molecule has 1 heterocycles. The number of benzene rings is 3. The molecule has 0 spiro atoms. The van der Waals surface area contributed by atoms with Gasteiger partial charge in [0.05, 0.1) is 12.1 Å². The molecule has 1 aliphatic rings. The molecule has 2 N–H and O–H groups in total. The summed E-state index contributed by atoms with van der Waals surface area (Å²) in [4.78, 5) is 12.8. The Kier molecular flexibility index (Phi) is 6.00. The lowest BCUT2D eigenvalue weighted by Gasteiger charge is -2.24. The summed E-state index contributed by atoms with van der Waals surface area (Å²) in [6.45, 7) is 4.63. The maximum absolute atomic E-state index is 12.8. The normalized spacial score (nSPS) is 14.2. The summed E-state index contributed by atoms with van der Waals surface area (Å²) in [5.74, 6) is 1.40. The molecule has 3 aromatic carbocycles. The fraction of sp³-hybridized carbons (Fsp3) is 0.240. The van der Waals surface area contributed by atoms with Gasteiger partial charge >= 0.3 is 0 Å². The number of carbonyl (C=O) groups is 1. The molecule has 3 aromatic rings. The Morgan fingerprint density at radius 1 is 0.933 bits per heavy atom. The zero-order valence-corrected chi connectivity index (χ0v) is 17.2. The number of hydrogen-bond acceptors (Lipinski definition) is 4. The third kappa shape index (κ3) is 4.63. The van der Waals surface area contributed by atoms with Crippen LogP contribution in [0.4, 0.5) is 0 Å². The first-order valence-electron chi connectivity index (χ1n) is 10.1. The van der Waals surface area contributed by atoms with Gasteiger partial charge in [0.15, 0.2) is 11.5 Å². The van der Waals surface area contributed by atoms with Crippen molar-refractivity contribution in [3.63, 3.8) is 0 Å². The molecule has 5 nitrogen and oxygen atoms in total. The van der Waals surface area contributed by atoms with E-state index in [0.29, 0.717) is 6.54 Å². The van der Waals surface area contributed by atoms with Crippen LogP contribution in [-0.4, -0.2) is 18.7 Å². The van der Waals surface area contributed by atoms with E-state index in [0.717, 1.165) is 28.2 Å². The highest BCUT2D eigenvalue weighted by Crippen LogP contribution is 2.32. The van der Waals surface area contributed by atoms with Gasteiger partial charge in [0.1, 0.15) is 0 Å². The van der Waals surface area contributed by atoms with Gasteiger partial charge in [-0.15, -0.1) is 0 Å². The number of amides is 1. The van der Waals surface area contributed by atoms with Crippen molar-refractivity contribution in [1.29, 1.82) is 0 Å². The Balaban J connectivity index is 1.43. The van der Waals surface area contributed by atoms with Crippen LogP contribution in [0.15, 0.2) is 72.8 Å². The molecule has 0 saturated heterocycles. The lowest BCUT2D eigenvalue weighted by molar-refractivity contribution is -0.123. The highest BCUT2D eigenvalue weighted by atomic mass is 16.7. The van der Waals surface area contributed by atoms with Crippen LogP contribution in [0.25, 0.3) is 0 Å². The molecule has 2 atom stereocenters. The molecular weight excluding hydrogens is 376 g/mol. The average molecular weight is 402 g/mol. The highest BCUT2D eigenvalue weighted by molar-refractivity contribution is 5.81. The average Bonchev–Trinajstić information content (AvgIpc) is 3.25. The van der Waals surface area contributed by atoms with E-state index in [1.54, 1.807) is 0 Å². The van der Waals surface area contributed by atoms with Crippen molar-refractivity contribution in [3.05, 3.63) is 95.1 Å². The minimum atomic E-state index is -0.370. The Labute approximate surface area is 177 Å².